The Morgan fingerprint density at radius 1 is 1.64 bits per heavy atom. The average Bonchev–Trinajstić information content (AvgIpc) is 2.59. The fourth-order valence-corrected chi connectivity index (χ4v) is 1.16. The summed E-state index contributed by atoms with van der Waals surface area (Å²) >= 11 is 0. The summed E-state index contributed by atoms with van der Waals surface area (Å²) < 4.78 is 1.76. The number of rotatable bonds is 6. The average molecular weight is 198 g/mol. The number of aliphatic hydroxyl groups excluding tert-OH is 1. The molecule has 0 saturated carbocycles. The van der Waals surface area contributed by atoms with E-state index in [1.165, 1.54) is 0 Å². The van der Waals surface area contributed by atoms with Gasteiger partial charge < -0.3 is 10.8 Å². The minimum Gasteiger partial charge on any atom is -0.393 e. The fraction of sp³-hybridized carbons (Fsp3) is 0.778. The van der Waals surface area contributed by atoms with Crippen LogP contribution in [0.15, 0.2) is 6.20 Å². The highest BCUT2D eigenvalue weighted by Crippen LogP contribution is 1.99. The van der Waals surface area contributed by atoms with Gasteiger partial charge in [-0.05, 0) is 32.7 Å². The van der Waals surface area contributed by atoms with Gasteiger partial charge in [-0.25, -0.2) is 0 Å². The maximum Gasteiger partial charge on any atom is 0.0827 e. The molecule has 1 heterocycles. The van der Waals surface area contributed by atoms with Gasteiger partial charge in [-0.15, -0.1) is 5.10 Å². The molecule has 0 amide bonds. The lowest BCUT2D eigenvalue weighted by molar-refractivity contribution is 0.176. The van der Waals surface area contributed by atoms with E-state index in [0.29, 0.717) is 19.5 Å². The molecule has 80 valence electrons. The molecule has 14 heavy (non-hydrogen) atoms. The molecule has 0 fully saturated rings. The molecule has 1 atom stereocenters. The van der Waals surface area contributed by atoms with Crippen LogP contribution in [0.5, 0.6) is 0 Å². The van der Waals surface area contributed by atoms with E-state index in [9.17, 15) is 0 Å². The first kappa shape index (κ1) is 11.1. The van der Waals surface area contributed by atoms with Gasteiger partial charge in [0.05, 0.1) is 11.8 Å². The van der Waals surface area contributed by atoms with Crippen molar-refractivity contribution in [2.45, 2.75) is 38.8 Å². The molecule has 0 spiro atoms. The lowest BCUT2D eigenvalue weighted by atomic mass is 10.2. The smallest absolute Gasteiger partial charge is 0.0827 e. The van der Waals surface area contributed by atoms with Crippen molar-refractivity contribution in [3.8, 4) is 0 Å². The van der Waals surface area contributed by atoms with Crippen LogP contribution < -0.4 is 5.73 Å². The van der Waals surface area contributed by atoms with Crippen molar-refractivity contribution in [2.24, 2.45) is 5.73 Å². The summed E-state index contributed by atoms with van der Waals surface area (Å²) in [5.41, 5.74) is 6.37. The number of aryl methyl sites for hydroxylation is 2. The lowest BCUT2D eigenvalue weighted by Crippen LogP contribution is -2.07. The lowest BCUT2D eigenvalue weighted by Gasteiger charge is -2.02. The fourth-order valence-electron chi connectivity index (χ4n) is 1.16. The number of aliphatic hydroxyl groups is 1. The van der Waals surface area contributed by atoms with E-state index in [1.54, 1.807) is 11.6 Å². The van der Waals surface area contributed by atoms with Gasteiger partial charge in [-0.3, -0.25) is 4.68 Å². The Morgan fingerprint density at radius 3 is 3.07 bits per heavy atom. The molecule has 0 aromatic carbocycles. The summed E-state index contributed by atoms with van der Waals surface area (Å²) in [7, 11) is 0. The van der Waals surface area contributed by atoms with Gasteiger partial charge in [0.25, 0.3) is 0 Å². The zero-order valence-electron chi connectivity index (χ0n) is 8.56. The van der Waals surface area contributed by atoms with Crippen molar-refractivity contribution >= 4 is 0 Å². The van der Waals surface area contributed by atoms with Crippen LogP contribution in [0, 0.1) is 0 Å². The van der Waals surface area contributed by atoms with Crippen molar-refractivity contribution in [2.75, 3.05) is 6.54 Å². The van der Waals surface area contributed by atoms with E-state index in [2.05, 4.69) is 10.3 Å². The van der Waals surface area contributed by atoms with Crippen LogP contribution in [0.2, 0.25) is 0 Å². The summed E-state index contributed by atoms with van der Waals surface area (Å²) in [5, 5.41) is 17.0. The predicted molar refractivity (Wildman–Crippen MR) is 53.7 cm³/mol. The molecule has 1 rings (SSSR count). The van der Waals surface area contributed by atoms with Gasteiger partial charge in [0.1, 0.15) is 0 Å². The molecule has 1 aromatic heterocycles. The van der Waals surface area contributed by atoms with E-state index < -0.39 is 0 Å². The Balaban J connectivity index is 2.35. The highest BCUT2D eigenvalue weighted by molar-refractivity contribution is 4.92. The minimum absolute atomic E-state index is 0.285. The van der Waals surface area contributed by atoms with Crippen LogP contribution in [0.3, 0.4) is 0 Å². The molecule has 0 radical (unpaired) electrons. The van der Waals surface area contributed by atoms with Crippen molar-refractivity contribution in [1.29, 1.82) is 0 Å². The molecule has 0 bridgehead atoms. The molecule has 5 nitrogen and oxygen atoms in total. The van der Waals surface area contributed by atoms with E-state index >= 15 is 0 Å². The van der Waals surface area contributed by atoms with Gasteiger partial charge in [0.15, 0.2) is 0 Å². The molecule has 0 aliphatic carbocycles. The Labute approximate surface area is 83.9 Å². The van der Waals surface area contributed by atoms with Gasteiger partial charge in [-0.2, -0.15) is 0 Å². The summed E-state index contributed by atoms with van der Waals surface area (Å²) in [6, 6.07) is 0. The Hall–Kier alpha value is -0.940. The quantitative estimate of drug-likeness (QED) is 0.671. The molecule has 0 aliphatic heterocycles. The molecule has 1 aromatic rings. The van der Waals surface area contributed by atoms with Crippen molar-refractivity contribution < 1.29 is 5.11 Å². The van der Waals surface area contributed by atoms with Crippen molar-refractivity contribution in [3.63, 3.8) is 0 Å². The SMILES string of the molecule is CC(O)CCn1cc(CCCN)nn1. The number of hydrogen-bond acceptors (Lipinski definition) is 4. The Bertz CT molecular complexity index is 259. The second-order valence-corrected chi connectivity index (χ2v) is 3.50. The maximum absolute atomic E-state index is 9.08. The second-order valence-electron chi connectivity index (χ2n) is 3.50. The monoisotopic (exact) mass is 198 g/mol. The minimum atomic E-state index is -0.285. The number of nitrogens with zero attached hydrogens (tertiary/aromatic N) is 3. The van der Waals surface area contributed by atoms with Gasteiger partial charge in [-0.1, -0.05) is 5.21 Å². The van der Waals surface area contributed by atoms with Gasteiger partial charge in [0, 0.05) is 12.7 Å². The first-order chi connectivity index (χ1) is 6.72. The largest absolute Gasteiger partial charge is 0.393 e. The molecule has 0 saturated heterocycles. The Morgan fingerprint density at radius 2 is 2.43 bits per heavy atom. The van der Waals surface area contributed by atoms with Crippen LogP contribution in [0.4, 0.5) is 0 Å². The van der Waals surface area contributed by atoms with Crippen LogP contribution in [0.25, 0.3) is 0 Å². The van der Waals surface area contributed by atoms with Gasteiger partial charge >= 0.3 is 0 Å². The molecule has 1 unspecified atom stereocenters. The zero-order valence-corrected chi connectivity index (χ0v) is 8.56. The number of nitrogens with two attached hydrogens (primary N) is 1. The standard InChI is InChI=1S/C9H18N4O/c1-8(14)4-6-13-7-9(11-12-13)3-2-5-10/h7-8,14H,2-6,10H2,1H3. The van der Waals surface area contributed by atoms with Crippen LogP contribution >= 0.6 is 0 Å². The third kappa shape index (κ3) is 3.85. The molecule has 3 N–H and O–H groups in total. The first-order valence-electron chi connectivity index (χ1n) is 4.99. The molecule has 0 aliphatic rings. The van der Waals surface area contributed by atoms with E-state index in [-0.39, 0.29) is 6.10 Å². The third-order valence-corrected chi connectivity index (χ3v) is 2.00. The first-order valence-corrected chi connectivity index (χ1v) is 4.99. The molecule has 5 heteroatoms. The zero-order chi connectivity index (χ0) is 10.4. The van der Waals surface area contributed by atoms with Crippen molar-refractivity contribution in [3.05, 3.63) is 11.9 Å². The summed E-state index contributed by atoms with van der Waals surface area (Å²) in [4.78, 5) is 0. The van der Waals surface area contributed by atoms with E-state index in [0.717, 1.165) is 18.5 Å². The molecular formula is C9H18N4O. The number of hydrogen-bond donors (Lipinski definition) is 2. The molecular weight excluding hydrogens is 180 g/mol. The second kappa shape index (κ2) is 5.72. The normalized spacial score (nSPS) is 13.1. The maximum atomic E-state index is 9.08. The van der Waals surface area contributed by atoms with Crippen LogP contribution in [-0.4, -0.2) is 32.7 Å². The highest BCUT2D eigenvalue weighted by atomic mass is 16.3. The summed E-state index contributed by atoms with van der Waals surface area (Å²) in [5.74, 6) is 0. The highest BCUT2D eigenvalue weighted by Gasteiger charge is 2.01. The number of aromatic nitrogens is 3. The van der Waals surface area contributed by atoms with Crippen molar-refractivity contribution in [1.82, 2.24) is 15.0 Å². The Kier molecular flexibility index (Phi) is 4.55. The van der Waals surface area contributed by atoms with E-state index in [1.807, 2.05) is 6.20 Å². The summed E-state index contributed by atoms with van der Waals surface area (Å²) in [6.07, 6.45) is 4.16. The predicted octanol–water partition coefficient (Wildman–Crippen LogP) is -0.0597. The topological polar surface area (TPSA) is 77.0 Å². The van der Waals surface area contributed by atoms with E-state index in [4.69, 9.17) is 10.8 Å². The van der Waals surface area contributed by atoms with Gasteiger partial charge in [0.2, 0.25) is 0 Å². The summed E-state index contributed by atoms with van der Waals surface area (Å²) in [6.45, 7) is 3.17. The van der Waals surface area contributed by atoms with Crippen LogP contribution in [-0.2, 0) is 13.0 Å². The van der Waals surface area contributed by atoms with Crippen LogP contribution in [0.1, 0.15) is 25.5 Å². The third-order valence-electron chi connectivity index (χ3n) is 2.00.